The first-order valence-electron chi connectivity index (χ1n) is 7.90. The van der Waals surface area contributed by atoms with Gasteiger partial charge in [-0.15, -0.1) is 0 Å². The number of hydrogen-bond acceptors (Lipinski definition) is 5. The summed E-state index contributed by atoms with van der Waals surface area (Å²) in [4.78, 5) is 22.8. The van der Waals surface area contributed by atoms with Gasteiger partial charge in [0.05, 0.1) is 25.2 Å². The van der Waals surface area contributed by atoms with E-state index in [2.05, 4.69) is 10.6 Å². The van der Waals surface area contributed by atoms with Crippen molar-refractivity contribution in [2.75, 3.05) is 19.5 Å². The highest BCUT2D eigenvalue weighted by molar-refractivity contribution is 5.90. The van der Waals surface area contributed by atoms with Gasteiger partial charge in [-0.1, -0.05) is 6.07 Å². The summed E-state index contributed by atoms with van der Waals surface area (Å²) in [6.45, 7) is 3.44. The van der Waals surface area contributed by atoms with Crippen molar-refractivity contribution in [1.82, 2.24) is 5.32 Å². The maximum Gasteiger partial charge on any atom is 0.319 e. The number of amides is 2. The molecule has 2 N–H and O–H groups in total. The Morgan fingerprint density at radius 1 is 1.15 bits per heavy atom. The van der Waals surface area contributed by atoms with Gasteiger partial charge in [0.2, 0.25) is 0 Å². The topological polar surface area (TPSA) is 103 Å². The van der Waals surface area contributed by atoms with E-state index in [1.165, 1.54) is 6.07 Å². The fraction of sp³-hybridized carbons (Fsp3) is 0.278. The molecular formula is C18H21N3O5. The molecule has 138 valence electrons. The predicted molar refractivity (Wildman–Crippen MR) is 97.9 cm³/mol. The molecule has 0 aliphatic heterocycles. The maximum absolute atomic E-state index is 12.3. The van der Waals surface area contributed by atoms with Crippen molar-refractivity contribution in [2.24, 2.45) is 0 Å². The van der Waals surface area contributed by atoms with Crippen LogP contribution in [0.25, 0.3) is 0 Å². The van der Waals surface area contributed by atoms with Crippen molar-refractivity contribution in [1.29, 1.82) is 0 Å². The van der Waals surface area contributed by atoms with Gasteiger partial charge >= 0.3 is 6.03 Å². The number of anilines is 1. The summed E-state index contributed by atoms with van der Waals surface area (Å²) in [5.41, 5.74) is 1.56. The molecule has 1 unspecified atom stereocenters. The summed E-state index contributed by atoms with van der Waals surface area (Å²) >= 11 is 0. The van der Waals surface area contributed by atoms with Crippen LogP contribution in [0.5, 0.6) is 11.5 Å². The third-order valence-corrected chi connectivity index (χ3v) is 3.91. The van der Waals surface area contributed by atoms with E-state index in [0.717, 1.165) is 5.56 Å². The van der Waals surface area contributed by atoms with Crippen molar-refractivity contribution < 1.29 is 19.2 Å². The highest BCUT2D eigenvalue weighted by Crippen LogP contribution is 2.29. The lowest BCUT2D eigenvalue weighted by atomic mass is 10.1. The second-order valence-electron chi connectivity index (χ2n) is 5.69. The molecule has 2 aromatic carbocycles. The number of ether oxygens (including phenoxy) is 2. The standard InChI is InChI=1S/C18H21N3O5/c1-11-5-6-13(9-16(11)21(23)24)20-18(22)19-12(2)15-10-14(25-3)7-8-17(15)26-4/h5-10,12H,1-4H3,(H2,19,20,22). The summed E-state index contributed by atoms with van der Waals surface area (Å²) < 4.78 is 10.5. The van der Waals surface area contributed by atoms with Gasteiger partial charge in [-0.25, -0.2) is 4.79 Å². The van der Waals surface area contributed by atoms with Crippen molar-refractivity contribution in [3.8, 4) is 11.5 Å². The van der Waals surface area contributed by atoms with Crippen LogP contribution in [-0.4, -0.2) is 25.2 Å². The number of nitro benzene ring substituents is 1. The Morgan fingerprint density at radius 2 is 1.88 bits per heavy atom. The summed E-state index contributed by atoms with van der Waals surface area (Å²) in [5, 5.41) is 16.4. The number of nitro groups is 1. The number of carbonyl (C=O) groups is 1. The zero-order valence-corrected chi connectivity index (χ0v) is 15.0. The predicted octanol–water partition coefficient (Wildman–Crippen LogP) is 3.80. The van der Waals surface area contributed by atoms with Crippen LogP contribution in [0.3, 0.4) is 0 Å². The molecule has 8 heteroatoms. The molecule has 0 aromatic heterocycles. The molecule has 0 aliphatic rings. The van der Waals surface area contributed by atoms with Crippen molar-refractivity contribution in [2.45, 2.75) is 19.9 Å². The van der Waals surface area contributed by atoms with Crippen molar-refractivity contribution >= 4 is 17.4 Å². The first-order chi connectivity index (χ1) is 12.3. The Morgan fingerprint density at radius 3 is 2.50 bits per heavy atom. The lowest BCUT2D eigenvalue weighted by molar-refractivity contribution is -0.385. The minimum absolute atomic E-state index is 0.0506. The number of benzene rings is 2. The second kappa shape index (κ2) is 8.19. The first kappa shape index (κ1) is 19.0. The van der Waals surface area contributed by atoms with Crippen LogP contribution in [0.1, 0.15) is 24.1 Å². The normalized spacial score (nSPS) is 11.4. The zero-order chi connectivity index (χ0) is 19.3. The van der Waals surface area contributed by atoms with Crippen LogP contribution in [0.4, 0.5) is 16.2 Å². The van der Waals surface area contributed by atoms with Crippen LogP contribution in [0, 0.1) is 17.0 Å². The van der Waals surface area contributed by atoms with Crippen LogP contribution >= 0.6 is 0 Å². The summed E-state index contributed by atoms with van der Waals surface area (Å²) in [6.07, 6.45) is 0. The number of nitrogens with zero attached hydrogens (tertiary/aromatic N) is 1. The van der Waals surface area contributed by atoms with Gasteiger partial charge in [0, 0.05) is 22.9 Å². The Kier molecular flexibility index (Phi) is 6.00. The summed E-state index contributed by atoms with van der Waals surface area (Å²) in [7, 11) is 3.10. The van der Waals surface area contributed by atoms with E-state index < -0.39 is 11.0 Å². The average molecular weight is 359 g/mol. The molecule has 0 bridgehead atoms. The molecule has 0 fully saturated rings. The van der Waals surface area contributed by atoms with E-state index in [9.17, 15) is 14.9 Å². The highest BCUT2D eigenvalue weighted by Gasteiger charge is 2.17. The molecule has 0 aliphatic carbocycles. The van der Waals surface area contributed by atoms with Gasteiger partial charge in [0.25, 0.3) is 5.69 Å². The van der Waals surface area contributed by atoms with Crippen LogP contribution in [0.2, 0.25) is 0 Å². The number of nitrogens with one attached hydrogen (secondary N) is 2. The van der Waals surface area contributed by atoms with Crippen LogP contribution < -0.4 is 20.1 Å². The molecule has 26 heavy (non-hydrogen) atoms. The van der Waals surface area contributed by atoms with Crippen LogP contribution in [0.15, 0.2) is 36.4 Å². The first-order valence-corrected chi connectivity index (χ1v) is 7.90. The molecule has 2 amide bonds. The van der Waals surface area contributed by atoms with E-state index in [-0.39, 0.29) is 11.7 Å². The van der Waals surface area contributed by atoms with E-state index in [4.69, 9.17) is 9.47 Å². The molecule has 0 saturated carbocycles. The Bertz CT molecular complexity index is 822. The van der Waals surface area contributed by atoms with E-state index >= 15 is 0 Å². The molecular weight excluding hydrogens is 338 g/mol. The number of methoxy groups -OCH3 is 2. The molecule has 0 saturated heterocycles. The molecule has 0 heterocycles. The number of aryl methyl sites for hydroxylation is 1. The minimum Gasteiger partial charge on any atom is -0.497 e. The molecule has 2 aromatic rings. The molecule has 1 atom stereocenters. The number of carbonyl (C=O) groups excluding carboxylic acids is 1. The number of rotatable bonds is 6. The Balaban J connectivity index is 2.13. The van der Waals surface area contributed by atoms with E-state index in [1.807, 2.05) is 0 Å². The minimum atomic E-state index is -0.486. The van der Waals surface area contributed by atoms with Gasteiger partial charge in [-0.05, 0) is 38.1 Å². The average Bonchev–Trinajstić information content (AvgIpc) is 2.62. The Labute approximate surface area is 151 Å². The molecule has 8 nitrogen and oxygen atoms in total. The lowest BCUT2D eigenvalue weighted by Gasteiger charge is -2.18. The molecule has 2 rings (SSSR count). The zero-order valence-electron chi connectivity index (χ0n) is 15.0. The van der Waals surface area contributed by atoms with E-state index in [1.54, 1.807) is 58.4 Å². The van der Waals surface area contributed by atoms with Crippen molar-refractivity contribution in [3.63, 3.8) is 0 Å². The van der Waals surface area contributed by atoms with Gasteiger partial charge in [0.1, 0.15) is 11.5 Å². The third kappa shape index (κ3) is 4.41. The molecule has 0 spiro atoms. The van der Waals surface area contributed by atoms with Crippen molar-refractivity contribution in [3.05, 3.63) is 57.6 Å². The second-order valence-corrected chi connectivity index (χ2v) is 5.69. The van der Waals surface area contributed by atoms with Crippen LogP contribution in [-0.2, 0) is 0 Å². The highest BCUT2D eigenvalue weighted by atomic mass is 16.6. The number of hydrogen-bond donors (Lipinski definition) is 2. The SMILES string of the molecule is COc1ccc(OC)c(C(C)NC(=O)Nc2ccc(C)c([N+](=O)[O-])c2)c1. The van der Waals surface area contributed by atoms with Gasteiger partial charge in [-0.2, -0.15) is 0 Å². The fourth-order valence-corrected chi connectivity index (χ4v) is 2.50. The summed E-state index contributed by atoms with van der Waals surface area (Å²) in [5.74, 6) is 1.26. The Hall–Kier alpha value is -3.29. The smallest absolute Gasteiger partial charge is 0.319 e. The summed E-state index contributed by atoms with van der Waals surface area (Å²) in [6, 6.07) is 8.96. The van der Waals surface area contributed by atoms with Gasteiger partial charge in [-0.3, -0.25) is 10.1 Å². The lowest BCUT2D eigenvalue weighted by Crippen LogP contribution is -2.31. The van der Waals surface area contributed by atoms with E-state index in [0.29, 0.717) is 22.7 Å². The van der Waals surface area contributed by atoms with Gasteiger partial charge < -0.3 is 20.1 Å². The molecule has 0 radical (unpaired) electrons. The monoisotopic (exact) mass is 359 g/mol. The maximum atomic E-state index is 12.3. The number of urea groups is 1. The fourth-order valence-electron chi connectivity index (χ4n) is 2.50. The third-order valence-electron chi connectivity index (χ3n) is 3.91. The largest absolute Gasteiger partial charge is 0.497 e. The quantitative estimate of drug-likeness (QED) is 0.603. The van der Waals surface area contributed by atoms with Gasteiger partial charge in [0.15, 0.2) is 0 Å².